The topological polar surface area (TPSA) is 9.72 Å². The number of aryl methyl sites for hydroxylation is 1. The van der Waals surface area contributed by atoms with Gasteiger partial charge in [0.25, 0.3) is 6.71 Å². The fraction of sp³-hybridized carbons (Fsp3) is 0.446. The van der Waals surface area contributed by atoms with Crippen LogP contribution in [0, 0.1) is 18.3 Å². The minimum Gasteiger partial charge on any atom is -0.334 e. The van der Waals surface area contributed by atoms with Gasteiger partial charge in [0.05, 0.1) is 5.54 Å². The number of hydrogen-bond acceptors (Lipinski definition) is 3. The zero-order chi connectivity index (χ0) is 49.8. The Labute approximate surface area is 417 Å². The second-order valence-corrected chi connectivity index (χ2v) is 27.4. The Balaban J connectivity index is 1.25. The molecule has 0 radical (unpaired) electrons. The molecular formula is C65H80BN3. The van der Waals surface area contributed by atoms with Crippen LogP contribution in [0.3, 0.4) is 0 Å². The molecule has 1 fully saturated rings. The second-order valence-electron chi connectivity index (χ2n) is 27.4. The van der Waals surface area contributed by atoms with Gasteiger partial charge < -0.3 is 14.7 Å². The first-order valence-corrected chi connectivity index (χ1v) is 26.2. The summed E-state index contributed by atoms with van der Waals surface area (Å²) in [6, 6.07) is 46.3. The maximum Gasteiger partial charge on any atom is 0.252 e. The molecule has 69 heavy (non-hydrogen) atoms. The number of anilines is 8. The van der Waals surface area contributed by atoms with Crippen molar-refractivity contribution in [2.75, 3.05) is 14.7 Å². The summed E-state index contributed by atoms with van der Waals surface area (Å²) in [5.41, 5.74) is 22.7. The smallest absolute Gasteiger partial charge is 0.252 e. The highest BCUT2D eigenvalue weighted by Gasteiger charge is 2.60. The Morgan fingerprint density at radius 1 is 0.478 bits per heavy atom. The van der Waals surface area contributed by atoms with E-state index in [0.29, 0.717) is 5.92 Å². The molecule has 0 N–H and O–H groups in total. The summed E-state index contributed by atoms with van der Waals surface area (Å²) in [5, 5.41) is 0. The first kappa shape index (κ1) is 47.5. The molecule has 3 atom stereocenters. The van der Waals surface area contributed by atoms with Crippen molar-refractivity contribution in [3.8, 4) is 0 Å². The third kappa shape index (κ3) is 7.51. The van der Waals surface area contributed by atoms with Crippen LogP contribution in [-0.4, -0.2) is 12.3 Å². The van der Waals surface area contributed by atoms with E-state index in [-0.39, 0.29) is 44.7 Å². The summed E-state index contributed by atoms with van der Waals surface area (Å²) >= 11 is 0. The van der Waals surface area contributed by atoms with Gasteiger partial charge in [-0.25, -0.2) is 0 Å². The van der Waals surface area contributed by atoms with Crippen molar-refractivity contribution < 1.29 is 0 Å². The lowest BCUT2D eigenvalue weighted by molar-refractivity contribution is 0.0786. The van der Waals surface area contributed by atoms with E-state index in [1.165, 1.54) is 108 Å². The van der Waals surface area contributed by atoms with Crippen LogP contribution in [0.4, 0.5) is 45.5 Å². The Hall–Kier alpha value is -5.22. The fourth-order valence-corrected chi connectivity index (χ4v) is 12.9. The molecule has 1 aliphatic carbocycles. The van der Waals surface area contributed by atoms with Crippen molar-refractivity contribution in [3.63, 3.8) is 0 Å². The zero-order valence-corrected chi connectivity index (χ0v) is 45.6. The molecule has 3 heterocycles. The van der Waals surface area contributed by atoms with Gasteiger partial charge >= 0.3 is 0 Å². The molecule has 3 unspecified atom stereocenters. The summed E-state index contributed by atoms with van der Waals surface area (Å²) in [6.45, 7) is 43.0. The summed E-state index contributed by atoms with van der Waals surface area (Å²) in [5.74, 6) is 0.645. The van der Waals surface area contributed by atoms with Crippen LogP contribution in [-0.2, 0) is 27.1 Å². The van der Waals surface area contributed by atoms with E-state index in [1.807, 2.05) is 0 Å². The summed E-state index contributed by atoms with van der Waals surface area (Å²) in [7, 11) is 0. The number of rotatable bonds is 3. The molecule has 6 aromatic rings. The summed E-state index contributed by atoms with van der Waals surface area (Å²) < 4.78 is 0. The van der Waals surface area contributed by atoms with Crippen LogP contribution >= 0.6 is 0 Å². The lowest BCUT2D eigenvalue weighted by Crippen LogP contribution is -2.61. The minimum atomic E-state index is -0.111. The van der Waals surface area contributed by atoms with Crippen molar-refractivity contribution in [2.45, 2.75) is 177 Å². The van der Waals surface area contributed by atoms with Gasteiger partial charge in [-0.05, 0) is 177 Å². The number of nitrogens with zero attached hydrogens (tertiary/aromatic N) is 3. The van der Waals surface area contributed by atoms with Gasteiger partial charge in [-0.15, -0.1) is 0 Å². The van der Waals surface area contributed by atoms with Crippen molar-refractivity contribution >= 4 is 68.6 Å². The Morgan fingerprint density at radius 3 is 1.58 bits per heavy atom. The number of benzene rings is 6. The molecule has 0 amide bonds. The van der Waals surface area contributed by atoms with E-state index in [0.717, 1.165) is 6.42 Å². The largest absolute Gasteiger partial charge is 0.334 e. The highest BCUT2D eigenvalue weighted by molar-refractivity contribution is 7.00. The predicted molar refractivity (Wildman–Crippen MR) is 301 cm³/mol. The first-order chi connectivity index (χ1) is 32.0. The molecule has 3 nitrogen and oxygen atoms in total. The van der Waals surface area contributed by atoms with Crippen LogP contribution in [0.15, 0.2) is 115 Å². The van der Waals surface area contributed by atoms with Gasteiger partial charge in [0.1, 0.15) is 0 Å². The minimum absolute atomic E-state index is 0.00822. The molecule has 0 spiro atoms. The second kappa shape index (κ2) is 15.4. The molecule has 1 saturated carbocycles. The molecule has 10 rings (SSSR count). The zero-order valence-electron chi connectivity index (χ0n) is 45.6. The lowest BCUT2D eigenvalue weighted by Gasteiger charge is -2.54. The van der Waals surface area contributed by atoms with Gasteiger partial charge in [0.2, 0.25) is 0 Å². The highest BCUT2D eigenvalue weighted by atomic mass is 15.3. The van der Waals surface area contributed by atoms with Crippen molar-refractivity contribution in [2.24, 2.45) is 11.3 Å². The Morgan fingerprint density at radius 2 is 0.986 bits per heavy atom. The van der Waals surface area contributed by atoms with E-state index in [2.05, 4.69) is 255 Å². The van der Waals surface area contributed by atoms with Gasteiger partial charge in [0.15, 0.2) is 0 Å². The van der Waals surface area contributed by atoms with E-state index in [9.17, 15) is 0 Å². The molecule has 0 saturated heterocycles. The maximum atomic E-state index is 2.81. The van der Waals surface area contributed by atoms with Crippen LogP contribution in [0.1, 0.15) is 170 Å². The van der Waals surface area contributed by atoms with Crippen molar-refractivity contribution in [3.05, 3.63) is 149 Å². The van der Waals surface area contributed by atoms with Gasteiger partial charge in [0, 0.05) is 50.9 Å². The summed E-state index contributed by atoms with van der Waals surface area (Å²) in [6.07, 6.45) is 3.55. The summed E-state index contributed by atoms with van der Waals surface area (Å²) in [4.78, 5) is 8.04. The van der Waals surface area contributed by atoms with E-state index < -0.39 is 0 Å². The van der Waals surface area contributed by atoms with Gasteiger partial charge in [-0.3, -0.25) is 0 Å². The normalized spacial score (nSPS) is 21.2. The molecule has 6 aromatic carbocycles. The maximum absolute atomic E-state index is 2.81. The average Bonchev–Trinajstić information content (AvgIpc) is 3.46. The number of fused-ring (bicyclic) bond motifs is 7. The molecule has 3 aliphatic heterocycles. The van der Waals surface area contributed by atoms with Crippen LogP contribution < -0.4 is 31.1 Å². The Bertz CT molecular complexity index is 3010. The molecule has 4 heteroatoms. The van der Waals surface area contributed by atoms with E-state index >= 15 is 0 Å². The van der Waals surface area contributed by atoms with E-state index in [1.54, 1.807) is 0 Å². The molecule has 0 aromatic heterocycles. The highest BCUT2D eigenvalue weighted by Crippen LogP contribution is 2.64. The monoisotopic (exact) mass is 914 g/mol. The van der Waals surface area contributed by atoms with Crippen LogP contribution in [0.5, 0.6) is 0 Å². The Kier molecular flexibility index (Phi) is 10.6. The average molecular weight is 914 g/mol. The van der Waals surface area contributed by atoms with Crippen molar-refractivity contribution in [1.29, 1.82) is 0 Å². The van der Waals surface area contributed by atoms with Gasteiger partial charge in [-0.2, -0.15) is 0 Å². The molecular weight excluding hydrogens is 834 g/mol. The lowest BCUT2D eigenvalue weighted by atomic mass is 9.33. The predicted octanol–water partition coefficient (Wildman–Crippen LogP) is 16.3. The van der Waals surface area contributed by atoms with Crippen LogP contribution in [0.25, 0.3) is 0 Å². The standard InChI is InChI=1S/C65H80BN3/c1-41-34-56-58-57(35-41)68(48-21-19-20-43(36-48)60(5,6)7)54-38-45(62(11,12)13)24-29-51(54)66(58)52-30-28-49(39-55(52)67(56)47-26-22-42(23-27-47)59(2,3)4)69-53-31-25-44(61(8,9)10)37-50(53)64(17)40-46(63(14,15)16)32-33-65(64,69)18/h19-31,34-39,46H,32-33,40H2,1-18H3. The van der Waals surface area contributed by atoms with E-state index in [4.69, 9.17) is 0 Å². The fourth-order valence-electron chi connectivity index (χ4n) is 12.9. The first-order valence-electron chi connectivity index (χ1n) is 26.2. The number of hydrogen-bond donors (Lipinski definition) is 0. The molecule has 0 bridgehead atoms. The SMILES string of the molecule is Cc1cc2c3c(c1)N(c1cccc(C(C)(C)C)c1)c1cc(C(C)(C)C)ccc1B3c1ccc(N3c4ccc(C(C)(C)C)cc4C4(C)CC(C(C)(C)C)CCC34C)cc1N2c1ccc(C(C)(C)C)cc1. The third-order valence-electron chi connectivity index (χ3n) is 17.5. The van der Waals surface area contributed by atoms with Crippen molar-refractivity contribution in [1.82, 2.24) is 0 Å². The van der Waals surface area contributed by atoms with Gasteiger partial charge in [-0.1, -0.05) is 165 Å². The molecule has 4 aliphatic rings. The molecule has 358 valence electrons. The third-order valence-corrected chi connectivity index (χ3v) is 17.5. The van der Waals surface area contributed by atoms with Crippen LogP contribution in [0.2, 0.25) is 0 Å². The quantitative estimate of drug-likeness (QED) is 0.164.